The normalized spacial score (nSPS) is 19.9. The van der Waals surface area contributed by atoms with E-state index in [1.54, 1.807) is 0 Å². The van der Waals surface area contributed by atoms with Crippen molar-refractivity contribution in [3.05, 3.63) is 28.2 Å². The highest BCUT2D eigenvalue weighted by Gasteiger charge is 2.33. The largest absolute Gasteiger partial charge is 0.311 e. The molecule has 0 radical (unpaired) electrons. The number of amides is 1. The molecule has 1 heterocycles. The van der Waals surface area contributed by atoms with Gasteiger partial charge in [0.15, 0.2) is 0 Å². The topological polar surface area (TPSA) is 32.3 Å². The summed E-state index contributed by atoms with van der Waals surface area (Å²) >= 11 is 3.45. The number of benzene rings is 1. The van der Waals surface area contributed by atoms with Crippen LogP contribution in [0.3, 0.4) is 0 Å². The Bertz CT molecular complexity index is 459. The van der Waals surface area contributed by atoms with Gasteiger partial charge in [0.25, 0.3) is 0 Å². The molecule has 4 heteroatoms. The lowest BCUT2D eigenvalue weighted by Crippen LogP contribution is -2.41. The van der Waals surface area contributed by atoms with E-state index < -0.39 is 0 Å². The van der Waals surface area contributed by atoms with Crippen LogP contribution in [0.1, 0.15) is 25.8 Å². The Labute approximate surface area is 117 Å². The van der Waals surface area contributed by atoms with E-state index in [1.165, 1.54) is 0 Å². The van der Waals surface area contributed by atoms with Gasteiger partial charge in [-0.25, -0.2) is 0 Å². The van der Waals surface area contributed by atoms with Crippen molar-refractivity contribution in [2.24, 2.45) is 0 Å². The maximum atomic E-state index is 12.3. The first kappa shape index (κ1) is 13.6. The molecule has 1 fully saturated rings. The summed E-state index contributed by atoms with van der Waals surface area (Å²) in [5.74, 6) is 0.189. The number of anilines is 1. The third-order valence-corrected chi connectivity index (χ3v) is 3.68. The Kier molecular flexibility index (Phi) is 4.07. The van der Waals surface area contributed by atoms with Gasteiger partial charge < -0.3 is 10.2 Å². The lowest BCUT2D eigenvalue weighted by Gasteiger charge is -2.20. The standard InChI is InChI=1S/C14H19BrN2O/c1-9(2)16-12-6-7-17(14(12)18)13-5-4-11(15)8-10(13)3/h4-5,8-9,12,16H,6-7H2,1-3H3. The van der Waals surface area contributed by atoms with E-state index in [-0.39, 0.29) is 11.9 Å². The second-order valence-electron chi connectivity index (χ2n) is 5.08. The van der Waals surface area contributed by atoms with Crippen LogP contribution in [-0.4, -0.2) is 24.5 Å². The lowest BCUT2D eigenvalue weighted by molar-refractivity contribution is -0.118. The average Bonchev–Trinajstić information content (AvgIpc) is 2.60. The number of nitrogens with one attached hydrogen (secondary N) is 1. The smallest absolute Gasteiger partial charge is 0.244 e. The number of nitrogens with zero attached hydrogens (tertiary/aromatic N) is 1. The van der Waals surface area contributed by atoms with Gasteiger partial charge in [0, 0.05) is 22.7 Å². The maximum Gasteiger partial charge on any atom is 0.244 e. The molecule has 0 saturated carbocycles. The molecular weight excluding hydrogens is 292 g/mol. The molecular formula is C14H19BrN2O. The predicted octanol–water partition coefficient (Wildman–Crippen LogP) is 2.86. The molecule has 1 unspecified atom stereocenters. The lowest BCUT2D eigenvalue weighted by atomic mass is 10.2. The van der Waals surface area contributed by atoms with Gasteiger partial charge in [0.1, 0.15) is 0 Å². The minimum Gasteiger partial charge on any atom is -0.311 e. The van der Waals surface area contributed by atoms with Crippen molar-refractivity contribution in [3.8, 4) is 0 Å². The second-order valence-corrected chi connectivity index (χ2v) is 6.00. The monoisotopic (exact) mass is 310 g/mol. The number of carbonyl (C=O) groups is 1. The number of halogens is 1. The number of hydrogen-bond donors (Lipinski definition) is 1. The van der Waals surface area contributed by atoms with Crippen LogP contribution in [0, 0.1) is 6.92 Å². The Morgan fingerprint density at radius 1 is 1.44 bits per heavy atom. The van der Waals surface area contributed by atoms with Crippen molar-refractivity contribution in [3.63, 3.8) is 0 Å². The Morgan fingerprint density at radius 3 is 2.78 bits per heavy atom. The molecule has 1 saturated heterocycles. The van der Waals surface area contributed by atoms with Crippen LogP contribution in [-0.2, 0) is 4.79 Å². The first-order valence-corrected chi connectivity index (χ1v) is 7.12. The molecule has 3 nitrogen and oxygen atoms in total. The molecule has 0 bridgehead atoms. The molecule has 98 valence electrons. The van der Waals surface area contributed by atoms with Crippen LogP contribution in [0.25, 0.3) is 0 Å². The fourth-order valence-electron chi connectivity index (χ4n) is 2.40. The zero-order chi connectivity index (χ0) is 13.3. The molecule has 0 aliphatic carbocycles. The quantitative estimate of drug-likeness (QED) is 0.931. The number of carbonyl (C=O) groups excluding carboxylic acids is 1. The van der Waals surface area contributed by atoms with Crippen LogP contribution in [0.2, 0.25) is 0 Å². The van der Waals surface area contributed by atoms with Crippen molar-refractivity contribution in [2.45, 2.75) is 39.3 Å². The van der Waals surface area contributed by atoms with E-state index in [0.29, 0.717) is 6.04 Å². The molecule has 1 amide bonds. The highest BCUT2D eigenvalue weighted by molar-refractivity contribution is 9.10. The third-order valence-electron chi connectivity index (χ3n) is 3.19. The van der Waals surface area contributed by atoms with Crippen molar-refractivity contribution in [1.82, 2.24) is 5.32 Å². The van der Waals surface area contributed by atoms with E-state index in [9.17, 15) is 4.79 Å². The Morgan fingerprint density at radius 2 is 2.17 bits per heavy atom. The zero-order valence-corrected chi connectivity index (χ0v) is 12.6. The molecule has 18 heavy (non-hydrogen) atoms. The van der Waals surface area contributed by atoms with Crippen LogP contribution in [0.4, 0.5) is 5.69 Å². The molecule has 2 rings (SSSR count). The van der Waals surface area contributed by atoms with Gasteiger partial charge in [-0.2, -0.15) is 0 Å². The molecule has 1 aromatic rings. The van der Waals surface area contributed by atoms with Crippen molar-refractivity contribution in [2.75, 3.05) is 11.4 Å². The molecule has 0 aromatic heterocycles. The molecule has 1 aromatic carbocycles. The van der Waals surface area contributed by atoms with Gasteiger partial charge in [-0.3, -0.25) is 4.79 Å². The van der Waals surface area contributed by atoms with Crippen LogP contribution < -0.4 is 10.2 Å². The summed E-state index contributed by atoms with van der Waals surface area (Å²) in [6.07, 6.45) is 0.881. The van der Waals surface area contributed by atoms with Gasteiger partial charge in [0.2, 0.25) is 5.91 Å². The molecule has 1 aliphatic rings. The SMILES string of the molecule is Cc1cc(Br)ccc1N1CCC(NC(C)C)C1=O. The zero-order valence-electron chi connectivity index (χ0n) is 11.0. The van der Waals surface area contributed by atoms with Crippen molar-refractivity contribution in [1.29, 1.82) is 0 Å². The van der Waals surface area contributed by atoms with Gasteiger partial charge in [-0.05, 0) is 37.1 Å². The Hall–Kier alpha value is -0.870. The fraction of sp³-hybridized carbons (Fsp3) is 0.500. The van der Waals surface area contributed by atoms with Crippen LogP contribution in [0.5, 0.6) is 0 Å². The summed E-state index contributed by atoms with van der Waals surface area (Å²) in [6.45, 7) is 6.98. The summed E-state index contributed by atoms with van der Waals surface area (Å²) in [6, 6.07) is 6.35. The second kappa shape index (κ2) is 5.41. The van der Waals surface area contributed by atoms with Gasteiger partial charge in [-0.15, -0.1) is 0 Å². The first-order chi connectivity index (χ1) is 8.49. The third kappa shape index (κ3) is 2.75. The maximum absolute atomic E-state index is 12.3. The van der Waals surface area contributed by atoms with Crippen molar-refractivity contribution < 1.29 is 4.79 Å². The van der Waals surface area contributed by atoms with E-state index in [2.05, 4.69) is 35.1 Å². The van der Waals surface area contributed by atoms with Gasteiger partial charge in [0.05, 0.1) is 6.04 Å². The highest BCUT2D eigenvalue weighted by Crippen LogP contribution is 2.27. The van der Waals surface area contributed by atoms with Crippen LogP contribution >= 0.6 is 15.9 Å². The van der Waals surface area contributed by atoms with E-state index in [0.717, 1.165) is 28.7 Å². The minimum absolute atomic E-state index is 0.0342. The summed E-state index contributed by atoms with van der Waals surface area (Å²) in [7, 11) is 0. The molecule has 1 aliphatic heterocycles. The van der Waals surface area contributed by atoms with E-state index in [1.807, 2.05) is 30.0 Å². The number of hydrogen-bond acceptors (Lipinski definition) is 2. The fourth-order valence-corrected chi connectivity index (χ4v) is 2.87. The van der Waals surface area contributed by atoms with Crippen LogP contribution in [0.15, 0.2) is 22.7 Å². The van der Waals surface area contributed by atoms with E-state index in [4.69, 9.17) is 0 Å². The summed E-state index contributed by atoms with van der Waals surface area (Å²) in [4.78, 5) is 14.2. The Balaban J connectivity index is 2.18. The summed E-state index contributed by atoms with van der Waals surface area (Å²) in [5.41, 5.74) is 2.15. The number of rotatable bonds is 3. The van der Waals surface area contributed by atoms with E-state index >= 15 is 0 Å². The summed E-state index contributed by atoms with van der Waals surface area (Å²) < 4.78 is 1.05. The minimum atomic E-state index is -0.0342. The average molecular weight is 311 g/mol. The molecule has 0 spiro atoms. The first-order valence-electron chi connectivity index (χ1n) is 6.32. The van der Waals surface area contributed by atoms with Gasteiger partial charge in [-0.1, -0.05) is 29.8 Å². The highest BCUT2D eigenvalue weighted by atomic mass is 79.9. The predicted molar refractivity (Wildman–Crippen MR) is 77.9 cm³/mol. The van der Waals surface area contributed by atoms with Gasteiger partial charge >= 0.3 is 0 Å². The molecule has 1 atom stereocenters. The van der Waals surface area contributed by atoms with Crippen molar-refractivity contribution >= 4 is 27.5 Å². The summed E-state index contributed by atoms with van der Waals surface area (Å²) in [5, 5.41) is 3.32. The number of aryl methyl sites for hydroxylation is 1. The molecule has 1 N–H and O–H groups in total.